The van der Waals surface area contributed by atoms with Gasteiger partial charge in [0.2, 0.25) is 0 Å². The molecule has 0 aliphatic heterocycles. The molecule has 1 atom stereocenters. The number of aromatic hydroxyl groups is 1. The molecule has 106 valence electrons. The summed E-state index contributed by atoms with van der Waals surface area (Å²) in [4.78, 5) is 0. The molecule has 2 aromatic rings. The number of phenolic OH excluding ortho intramolecular Hbond substituents is 1. The van der Waals surface area contributed by atoms with Gasteiger partial charge in [-0.2, -0.15) is 0 Å². The van der Waals surface area contributed by atoms with E-state index in [0.717, 1.165) is 16.5 Å². The van der Waals surface area contributed by atoms with E-state index in [-0.39, 0.29) is 17.6 Å². The molecule has 0 aliphatic rings. The minimum Gasteiger partial charge on any atom is -0.508 e. The van der Waals surface area contributed by atoms with E-state index < -0.39 is 0 Å². The first-order chi connectivity index (χ1) is 9.60. The summed E-state index contributed by atoms with van der Waals surface area (Å²) in [5.74, 6) is 0.0443. The highest BCUT2D eigenvalue weighted by Gasteiger charge is 2.10. The maximum absolute atomic E-state index is 13.7. The summed E-state index contributed by atoms with van der Waals surface area (Å²) in [6.45, 7) is 2.53. The van der Waals surface area contributed by atoms with Crippen LogP contribution in [0.2, 0.25) is 0 Å². The summed E-state index contributed by atoms with van der Waals surface area (Å²) in [6, 6.07) is 12.2. The molecule has 2 aromatic carbocycles. The van der Waals surface area contributed by atoms with Crippen molar-refractivity contribution in [1.29, 1.82) is 0 Å². The number of nitrogens with one attached hydrogen (secondary N) is 1. The van der Waals surface area contributed by atoms with E-state index in [1.54, 1.807) is 24.3 Å². The van der Waals surface area contributed by atoms with Crippen molar-refractivity contribution in [3.63, 3.8) is 0 Å². The van der Waals surface area contributed by atoms with Crippen LogP contribution >= 0.6 is 15.9 Å². The van der Waals surface area contributed by atoms with Gasteiger partial charge in [0.05, 0.1) is 0 Å². The van der Waals surface area contributed by atoms with Crippen LogP contribution in [-0.2, 0) is 6.54 Å². The average Bonchev–Trinajstić information content (AvgIpc) is 2.45. The highest BCUT2D eigenvalue weighted by molar-refractivity contribution is 9.10. The Balaban J connectivity index is 2.07. The average molecular weight is 338 g/mol. The maximum Gasteiger partial charge on any atom is 0.127 e. The Bertz CT molecular complexity index is 571. The molecular weight excluding hydrogens is 321 g/mol. The van der Waals surface area contributed by atoms with Crippen LogP contribution in [-0.4, -0.2) is 5.11 Å². The zero-order valence-corrected chi connectivity index (χ0v) is 12.8. The predicted molar refractivity (Wildman–Crippen MR) is 82.1 cm³/mol. The van der Waals surface area contributed by atoms with E-state index >= 15 is 0 Å². The minimum absolute atomic E-state index is 0.133. The number of hydrogen-bond donors (Lipinski definition) is 2. The van der Waals surface area contributed by atoms with E-state index in [2.05, 4.69) is 28.2 Å². The lowest BCUT2D eigenvalue weighted by molar-refractivity contribution is 0.472. The Morgan fingerprint density at radius 1 is 1.20 bits per heavy atom. The highest BCUT2D eigenvalue weighted by Crippen LogP contribution is 2.21. The molecule has 1 unspecified atom stereocenters. The Kier molecular flexibility index (Phi) is 5.15. The molecule has 0 fully saturated rings. The Morgan fingerprint density at radius 3 is 2.55 bits per heavy atom. The smallest absolute Gasteiger partial charge is 0.127 e. The van der Waals surface area contributed by atoms with E-state index in [1.807, 2.05) is 12.1 Å². The molecule has 0 saturated heterocycles. The van der Waals surface area contributed by atoms with Gasteiger partial charge >= 0.3 is 0 Å². The Hall–Kier alpha value is -1.39. The molecule has 0 spiro atoms. The van der Waals surface area contributed by atoms with Crippen molar-refractivity contribution in [1.82, 2.24) is 5.32 Å². The zero-order chi connectivity index (χ0) is 14.5. The van der Waals surface area contributed by atoms with Crippen LogP contribution < -0.4 is 5.32 Å². The fourth-order valence-corrected chi connectivity index (χ4v) is 2.52. The van der Waals surface area contributed by atoms with Gasteiger partial charge in [0.1, 0.15) is 11.6 Å². The summed E-state index contributed by atoms with van der Waals surface area (Å²) < 4.78 is 14.6. The zero-order valence-electron chi connectivity index (χ0n) is 11.2. The van der Waals surface area contributed by atoms with Crippen molar-refractivity contribution in [3.05, 3.63) is 63.9 Å². The van der Waals surface area contributed by atoms with Gasteiger partial charge in [-0.3, -0.25) is 0 Å². The highest BCUT2D eigenvalue weighted by atomic mass is 79.9. The van der Waals surface area contributed by atoms with Crippen molar-refractivity contribution in [2.45, 2.75) is 25.9 Å². The number of benzene rings is 2. The van der Waals surface area contributed by atoms with Crippen LogP contribution in [0.4, 0.5) is 4.39 Å². The lowest BCUT2D eigenvalue weighted by Crippen LogP contribution is -2.20. The Morgan fingerprint density at radius 2 is 1.90 bits per heavy atom. The first-order valence-corrected chi connectivity index (χ1v) is 7.35. The third-order valence-corrected chi connectivity index (χ3v) is 3.74. The molecule has 0 bridgehead atoms. The lowest BCUT2D eigenvalue weighted by Gasteiger charge is -2.18. The van der Waals surface area contributed by atoms with Crippen molar-refractivity contribution >= 4 is 15.9 Å². The summed E-state index contributed by atoms with van der Waals surface area (Å²) in [5.41, 5.74) is 1.72. The van der Waals surface area contributed by atoms with E-state index in [0.29, 0.717) is 12.1 Å². The SMILES string of the molecule is CCC(NCc1cc(Br)ccc1F)c1ccc(O)cc1. The second-order valence-corrected chi connectivity index (χ2v) is 5.58. The van der Waals surface area contributed by atoms with Gasteiger partial charge in [0.15, 0.2) is 0 Å². The topological polar surface area (TPSA) is 32.3 Å². The van der Waals surface area contributed by atoms with Crippen LogP contribution in [0.5, 0.6) is 5.75 Å². The van der Waals surface area contributed by atoms with Gasteiger partial charge in [-0.15, -0.1) is 0 Å². The molecule has 0 radical (unpaired) electrons. The summed E-state index contributed by atoms with van der Waals surface area (Å²) in [7, 11) is 0. The third kappa shape index (κ3) is 3.81. The van der Waals surface area contributed by atoms with Crippen LogP contribution in [0.15, 0.2) is 46.9 Å². The standard InChI is InChI=1S/C16H17BrFNO/c1-2-16(11-3-6-14(20)7-4-11)19-10-12-9-13(17)5-8-15(12)18/h3-9,16,19-20H,2,10H2,1H3. The molecule has 2 nitrogen and oxygen atoms in total. The molecule has 0 saturated carbocycles. The lowest BCUT2D eigenvalue weighted by atomic mass is 10.0. The number of rotatable bonds is 5. The van der Waals surface area contributed by atoms with E-state index in [4.69, 9.17) is 0 Å². The van der Waals surface area contributed by atoms with Crippen molar-refractivity contribution < 1.29 is 9.50 Å². The van der Waals surface area contributed by atoms with Crippen LogP contribution in [0, 0.1) is 5.82 Å². The van der Waals surface area contributed by atoms with Gasteiger partial charge in [-0.05, 0) is 42.3 Å². The molecule has 0 amide bonds. The van der Waals surface area contributed by atoms with Crippen molar-refractivity contribution in [3.8, 4) is 5.75 Å². The minimum atomic E-state index is -0.207. The molecular formula is C16H17BrFNO. The van der Waals surface area contributed by atoms with Gasteiger partial charge in [-0.25, -0.2) is 4.39 Å². The second kappa shape index (κ2) is 6.86. The summed E-state index contributed by atoms with van der Waals surface area (Å²) >= 11 is 3.35. The predicted octanol–water partition coefficient (Wildman–Crippen LogP) is 4.53. The second-order valence-electron chi connectivity index (χ2n) is 4.67. The molecule has 20 heavy (non-hydrogen) atoms. The van der Waals surface area contributed by atoms with E-state index in [1.165, 1.54) is 6.07 Å². The fraction of sp³-hybridized carbons (Fsp3) is 0.250. The third-order valence-electron chi connectivity index (χ3n) is 3.25. The molecule has 2 N–H and O–H groups in total. The summed E-state index contributed by atoms with van der Waals surface area (Å²) in [6.07, 6.45) is 0.889. The normalized spacial score (nSPS) is 12.3. The summed E-state index contributed by atoms with van der Waals surface area (Å²) in [5, 5.41) is 12.7. The van der Waals surface area contributed by atoms with Crippen LogP contribution in [0.25, 0.3) is 0 Å². The van der Waals surface area contributed by atoms with Crippen molar-refractivity contribution in [2.75, 3.05) is 0 Å². The monoisotopic (exact) mass is 337 g/mol. The molecule has 2 rings (SSSR count). The maximum atomic E-state index is 13.7. The van der Waals surface area contributed by atoms with Gasteiger partial charge < -0.3 is 10.4 Å². The van der Waals surface area contributed by atoms with Crippen molar-refractivity contribution in [2.24, 2.45) is 0 Å². The molecule has 0 heterocycles. The Labute approximate surface area is 126 Å². The first kappa shape index (κ1) is 15.0. The fourth-order valence-electron chi connectivity index (χ4n) is 2.12. The molecule has 0 aliphatic carbocycles. The van der Waals surface area contributed by atoms with Gasteiger partial charge in [0.25, 0.3) is 0 Å². The number of halogens is 2. The van der Waals surface area contributed by atoms with E-state index in [9.17, 15) is 9.50 Å². The largest absolute Gasteiger partial charge is 0.508 e. The molecule has 0 aromatic heterocycles. The number of phenols is 1. The first-order valence-electron chi connectivity index (χ1n) is 6.56. The quantitative estimate of drug-likeness (QED) is 0.839. The van der Waals surface area contributed by atoms with Crippen LogP contribution in [0.3, 0.4) is 0 Å². The van der Waals surface area contributed by atoms with Gasteiger partial charge in [0, 0.05) is 22.6 Å². The number of hydrogen-bond acceptors (Lipinski definition) is 2. The molecule has 4 heteroatoms. The van der Waals surface area contributed by atoms with Crippen LogP contribution in [0.1, 0.15) is 30.5 Å². The van der Waals surface area contributed by atoms with Gasteiger partial charge in [-0.1, -0.05) is 35.0 Å².